The smallest absolute Gasteiger partial charge is 0.317 e. The minimum absolute atomic E-state index is 0.0836. The van der Waals surface area contributed by atoms with Gasteiger partial charge in [-0.2, -0.15) is 0 Å². The molecule has 1 amide bonds. The number of amides is 1. The predicted octanol–water partition coefficient (Wildman–Crippen LogP) is -1.91. The number of carboxylic acids is 1. The van der Waals surface area contributed by atoms with Crippen molar-refractivity contribution in [3.63, 3.8) is 0 Å². The molecule has 14 heavy (non-hydrogen) atoms. The fourth-order valence-corrected chi connectivity index (χ4v) is 1.53. The molecule has 1 atom stereocenters. The van der Waals surface area contributed by atoms with E-state index in [0.717, 1.165) is 6.54 Å². The molecule has 0 aromatic heterocycles. The molecule has 0 saturated carbocycles. The van der Waals surface area contributed by atoms with E-state index < -0.39 is 5.97 Å². The molecular weight excluding hydrogens is 186 g/mol. The summed E-state index contributed by atoms with van der Waals surface area (Å²) in [5, 5.41) is 14.2. The lowest BCUT2D eigenvalue weighted by Gasteiger charge is -2.33. The maximum Gasteiger partial charge on any atom is 0.317 e. The van der Waals surface area contributed by atoms with Crippen LogP contribution in [0.4, 0.5) is 0 Å². The lowest BCUT2D eigenvalue weighted by molar-refractivity contribution is -0.140. The molecule has 0 bridgehead atoms. The monoisotopic (exact) mass is 201 g/mol. The Morgan fingerprint density at radius 1 is 1.64 bits per heavy atom. The van der Waals surface area contributed by atoms with Gasteiger partial charge >= 0.3 is 5.97 Å². The van der Waals surface area contributed by atoms with Gasteiger partial charge in [-0.15, -0.1) is 0 Å². The Balaban J connectivity index is 2.58. The average molecular weight is 201 g/mol. The Bertz CT molecular complexity index is 232. The summed E-state index contributed by atoms with van der Waals surface area (Å²) in [6, 6.07) is -0.371. The second-order valence-corrected chi connectivity index (χ2v) is 3.20. The Kier molecular flexibility index (Phi) is 3.84. The van der Waals surface area contributed by atoms with E-state index in [2.05, 4.69) is 10.6 Å². The Morgan fingerprint density at radius 3 is 2.93 bits per heavy atom. The molecule has 80 valence electrons. The summed E-state index contributed by atoms with van der Waals surface area (Å²) in [7, 11) is 1.55. The highest BCUT2D eigenvalue weighted by Gasteiger charge is 2.28. The number of rotatable bonds is 3. The molecule has 0 radical (unpaired) electrons. The van der Waals surface area contributed by atoms with E-state index in [4.69, 9.17) is 5.11 Å². The molecule has 1 aliphatic heterocycles. The Morgan fingerprint density at radius 2 is 2.36 bits per heavy atom. The van der Waals surface area contributed by atoms with Crippen molar-refractivity contribution < 1.29 is 14.7 Å². The van der Waals surface area contributed by atoms with Crippen molar-refractivity contribution in [2.45, 2.75) is 6.04 Å². The van der Waals surface area contributed by atoms with Gasteiger partial charge in [0.25, 0.3) is 0 Å². The standard InChI is InChI=1S/C8H15N3O3/c1-9-8(14)6-4-10-2-3-11(6)5-7(12)13/h6,10H,2-5H2,1H3,(H,9,14)(H,12,13). The van der Waals surface area contributed by atoms with Crippen LogP contribution in [0.5, 0.6) is 0 Å². The first-order chi connectivity index (χ1) is 6.65. The first-order valence-electron chi connectivity index (χ1n) is 4.53. The average Bonchev–Trinajstić information content (AvgIpc) is 2.16. The third kappa shape index (κ3) is 2.68. The fraction of sp³-hybridized carbons (Fsp3) is 0.750. The van der Waals surface area contributed by atoms with E-state index in [-0.39, 0.29) is 18.5 Å². The zero-order valence-electron chi connectivity index (χ0n) is 8.12. The van der Waals surface area contributed by atoms with Crippen LogP contribution in [0.1, 0.15) is 0 Å². The van der Waals surface area contributed by atoms with E-state index in [1.165, 1.54) is 0 Å². The molecule has 0 aromatic rings. The van der Waals surface area contributed by atoms with E-state index in [1.54, 1.807) is 11.9 Å². The van der Waals surface area contributed by atoms with E-state index >= 15 is 0 Å². The Labute approximate surface area is 82.3 Å². The van der Waals surface area contributed by atoms with Gasteiger partial charge in [0.2, 0.25) is 5.91 Å². The molecule has 1 saturated heterocycles. The van der Waals surface area contributed by atoms with Gasteiger partial charge in [0, 0.05) is 26.7 Å². The third-order valence-electron chi connectivity index (χ3n) is 2.24. The van der Waals surface area contributed by atoms with Crippen LogP contribution in [-0.4, -0.2) is 61.2 Å². The number of nitrogens with one attached hydrogen (secondary N) is 2. The molecular formula is C8H15N3O3. The zero-order chi connectivity index (χ0) is 10.6. The maximum absolute atomic E-state index is 11.4. The van der Waals surface area contributed by atoms with Crippen molar-refractivity contribution >= 4 is 11.9 Å². The quantitative estimate of drug-likeness (QED) is 0.496. The summed E-state index contributed by atoms with van der Waals surface area (Å²) in [4.78, 5) is 23.6. The lowest BCUT2D eigenvalue weighted by Crippen LogP contribution is -2.58. The number of hydrogen-bond donors (Lipinski definition) is 3. The largest absolute Gasteiger partial charge is 0.480 e. The highest BCUT2D eigenvalue weighted by atomic mass is 16.4. The summed E-state index contributed by atoms with van der Waals surface area (Å²) < 4.78 is 0. The molecule has 1 aliphatic rings. The van der Waals surface area contributed by atoms with Crippen molar-refractivity contribution in [1.29, 1.82) is 0 Å². The SMILES string of the molecule is CNC(=O)C1CNCCN1CC(=O)O. The van der Waals surface area contributed by atoms with Crippen LogP contribution in [0.3, 0.4) is 0 Å². The van der Waals surface area contributed by atoms with Crippen molar-refractivity contribution in [2.75, 3.05) is 33.2 Å². The van der Waals surface area contributed by atoms with Gasteiger partial charge < -0.3 is 15.7 Å². The van der Waals surface area contributed by atoms with Crippen molar-refractivity contribution in [3.8, 4) is 0 Å². The Hall–Kier alpha value is -1.14. The lowest BCUT2D eigenvalue weighted by atomic mass is 10.2. The number of carboxylic acid groups (broad SMARTS) is 1. The predicted molar refractivity (Wildman–Crippen MR) is 49.9 cm³/mol. The molecule has 0 spiro atoms. The maximum atomic E-state index is 11.4. The van der Waals surface area contributed by atoms with Crippen LogP contribution >= 0.6 is 0 Å². The summed E-state index contributed by atoms with van der Waals surface area (Å²) in [6.45, 7) is 1.73. The number of aliphatic carboxylic acids is 1. The topological polar surface area (TPSA) is 81.7 Å². The minimum atomic E-state index is -0.902. The van der Waals surface area contributed by atoms with Gasteiger partial charge in [-0.1, -0.05) is 0 Å². The first-order valence-corrected chi connectivity index (χ1v) is 4.53. The highest BCUT2D eigenvalue weighted by Crippen LogP contribution is 2.02. The van der Waals surface area contributed by atoms with Crippen molar-refractivity contribution in [2.24, 2.45) is 0 Å². The molecule has 1 heterocycles. The number of piperazine rings is 1. The number of hydrogen-bond acceptors (Lipinski definition) is 4. The normalized spacial score (nSPS) is 23.1. The van der Waals surface area contributed by atoms with Gasteiger partial charge in [0.05, 0.1) is 6.54 Å². The summed E-state index contributed by atoms with van der Waals surface area (Å²) in [5.41, 5.74) is 0. The summed E-state index contributed by atoms with van der Waals surface area (Å²) >= 11 is 0. The second-order valence-electron chi connectivity index (χ2n) is 3.20. The molecule has 3 N–H and O–H groups in total. The van der Waals surface area contributed by atoms with Gasteiger partial charge in [0.1, 0.15) is 6.04 Å². The second kappa shape index (κ2) is 4.92. The van der Waals surface area contributed by atoms with E-state index in [9.17, 15) is 9.59 Å². The number of carbonyl (C=O) groups excluding carboxylic acids is 1. The van der Waals surface area contributed by atoms with Crippen LogP contribution in [0.15, 0.2) is 0 Å². The van der Waals surface area contributed by atoms with Crippen LogP contribution in [0.2, 0.25) is 0 Å². The van der Waals surface area contributed by atoms with E-state index in [1.807, 2.05) is 0 Å². The van der Waals surface area contributed by atoms with Crippen LogP contribution in [0.25, 0.3) is 0 Å². The van der Waals surface area contributed by atoms with Gasteiger partial charge in [-0.3, -0.25) is 14.5 Å². The molecule has 1 rings (SSSR count). The van der Waals surface area contributed by atoms with Gasteiger partial charge in [-0.25, -0.2) is 0 Å². The van der Waals surface area contributed by atoms with Crippen molar-refractivity contribution in [1.82, 2.24) is 15.5 Å². The highest BCUT2D eigenvalue weighted by molar-refractivity contribution is 5.82. The summed E-state index contributed by atoms with van der Waals surface area (Å²) in [5.74, 6) is -1.04. The molecule has 6 nitrogen and oxygen atoms in total. The minimum Gasteiger partial charge on any atom is -0.480 e. The molecule has 6 heteroatoms. The summed E-state index contributed by atoms with van der Waals surface area (Å²) in [6.07, 6.45) is 0. The van der Waals surface area contributed by atoms with Crippen molar-refractivity contribution in [3.05, 3.63) is 0 Å². The zero-order valence-corrected chi connectivity index (χ0v) is 8.12. The third-order valence-corrected chi connectivity index (χ3v) is 2.24. The number of nitrogens with zero attached hydrogens (tertiary/aromatic N) is 1. The van der Waals surface area contributed by atoms with E-state index in [0.29, 0.717) is 13.1 Å². The van der Waals surface area contributed by atoms with Crippen LogP contribution < -0.4 is 10.6 Å². The molecule has 0 aliphatic carbocycles. The number of carbonyl (C=O) groups is 2. The van der Waals surface area contributed by atoms with Crippen LogP contribution in [0, 0.1) is 0 Å². The van der Waals surface area contributed by atoms with Crippen LogP contribution in [-0.2, 0) is 9.59 Å². The number of likely N-dealkylation sites (N-methyl/N-ethyl adjacent to an activating group) is 1. The molecule has 0 aromatic carbocycles. The first kappa shape index (κ1) is 10.9. The molecule has 1 fully saturated rings. The molecule has 1 unspecified atom stereocenters. The van der Waals surface area contributed by atoms with Gasteiger partial charge in [-0.05, 0) is 0 Å². The van der Waals surface area contributed by atoms with Gasteiger partial charge in [0.15, 0.2) is 0 Å². The fourth-order valence-electron chi connectivity index (χ4n) is 1.53.